The summed E-state index contributed by atoms with van der Waals surface area (Å²) in [6.07, 6.45) is -3.81. The van der Waals surface area contributed by atoms with Gasteiger partial charge in [0.15, 0.2) is 0 Å². The summed E-state index contributed by atoms with van der Waals surface area (Å²) < 4.78 is 43.8. The fraction of sp³-hybridized carbons (Fsp3) is 0.556. The third kappa shape index (κ3) is 6.18. The number of hydrogen-bond donors (Lipinski definition) is 2. The van der Waals surface area contributed by atoms with Crippen LogP contribution in [0.1, 0.15) is 36.4 Å². The first kappa shape index (κ1) is 25.8. The van der Waals surface area contributed by atoms with E-state index in [1.165, 1.54) is 4.90 Å². The maximum atomic E-state index is 12.8. The lowest BCUT2D eigenvalue weighted by atomic mass is 9.98. The molecule has 2 amide bonds. The molecule has 0 spiro atoms. The van der Waals surface area contributed by atoms with E-state index in [0.717, 1.165) is 47.7 Å². The number of ether oxygens (including phenoxy) is 1. The van der Waals surface area contributed by atoms with Crippen molar-refractivity contribution >= 4 is 17.5 Å². The van der Waals surface area contributed by atoms with E-state index in [0.29, 0.717) is 31.9 Å². The molecule has 7 nitrogen and oxygen atoms in total. The van der Waals surface area contributed by atoms with Gasteiger partial charge in [0.05, 0.1) is 13.2 Å². The van der Waals surface area contributed by atoms with E-state index >= 15 is 0 Å². The predicted molar refractivity (Wildman–Crippen MR) is 135 cm³/mol. The Balaban J connectivity index is 1.37. The summed E-state index contributed by atoms with van der Waals surface area (Å²) in [6, 6.07) is 9.40. The SMILES string of the molecule is Cc1ccc(NC(=O)N2CCC(CC(F)(F)F)C2)cc1-c1cc([C@@H]2C[C@@H]2CO)nc(N2CCOCC2)c1. The highest BCUT2D eigenvalue weighted by molar-refractivity contribution is 5.90. The van der Waals surface area contributed by atoms with Crippen molar-refractivity contribution in [3.8, 4) is 11.1 Å². The lowest BCUT2D eigenvalue weighted by molar-refractivity contribution is -0.143. The molecule has 3 aliphatic rings. The number of hydrogen-bond acceptors (Lipinski definition) is 5. The lowest BCUT2D eigenvalue weighted by Gasteiger charge is -2.28. The smallest absolute Gasteiger partial charge is 0.389 e. The minimum absolute atomic E-state index is 0.105. The molecule has 3 atom stereocenters. The number of alkyl halides is 3. The average Bonchev–Trinajstić information content (AvgIpc) is 3.54. The van der Waals surface area contributed by atoms with Crippen molar-refractivity contribution in [3.05, 3.63) is 41.6 Å². The molecular formula is C27H33F3N4O3. The zero-order valence-corrected chi connectivity index (χ0v) is 20.9. The third-order valence-corrected chi connectivity index (χ3v) is 7.60. The fourth-order valence-corrected chi connectivity index (χ4v) is 5.37. The van der Waals surface area contributed by atoms with Crippen LogP contribution in [0.2, 0.25) is 0 Å². The van der Waals surface area contributed by atoms with Crippen LogP contribution in [0, 0.1) is 18.8 Å². The van der Waals surface area contributed by atoms with Crippen LogP contribution in [0.15, 0.2) is 30.3 Å². The number of anilines is 2. The number of rotatable bonds is 6. The zero-order valence-electron chi connectivity index (χ0n) is 20.9. The maximum absolute atomic E-state index is 12.8. The molecule has 3 heterocycles. The summed E-state index contributed by atoms with van der Waals surface area (Å²) in [4.78, 5) is 21.4. The van der Waals surface area contributed by atoms with Gasteiger partial charge in [-0.15, -0.1) is 0 Å². The van der Waals surface area contributed by atoms with Crippen LogP contribution < -0.4 is 10.2 Å². The first-order chi connectivity index (χ1) is 17.7. The van der Waals surface area contributed by atoms with Crippen molar-refractivity contribution in [1.82, 2.24) is 9.88 Å². The Morgan fingerprint density at radius 1 is 1.19 bits per heavy atom. The van der Waals surface area contributed by atoms with Crippen LogP contribution in [0.3, 0.4) is 0 Å². The third-order valence-electron chi connectivity index (χ3n) is 7.60. The number of nitrogens with zero attached hydrogens (tertiary/aromatic N) is 3. The molecule has 2 aliphatic heterocycles. The van der Waals surface area contributed by atoms with E-state index in [-0.39, 0.29) is 31.0 Å². The summed E-state index contributed by atoms with van der Waals surface area (Å²) in [5.74, 6) is 0.778. The van der Waals surface area contributed by atoms with E-state index in [4.69, 9.17) is 9.72 Å². The number of aliphatic hydroxyl groups is 1. The molecule has 3 fully saturated rings. The van der Waals surface area contributed by atoms with Crippen molar-refractivity contribution in [1.29, 1.82) is 0 Å². The van der Waals surface area contributed by atoms with Crippen molar-refractivity contribution in [3.63, 3.8) is 0 Å². The van der Waals surface area contributed by atoms with Crippen LogP contribution in [0.5, 0.6) is 0 Å². The van der Waals surface area contributed by atoms with Gasteiger partial charge in [-0.1, -0.05) is 6.07 Å². The van der Waals surface area contributed by atoms with E-state index < -0.39 is 18.5 Å². The van der Waals surface area contributed by atoms with Crippen molar-refractivity contribution in [2.75, 3.05) is 56.2 Å². The Morgan fingerprint density at radius 3 is 2.68 bits per heavy atom. The monoisotopic (exact) mass is 518 g/mol. The molecule has 37 heavy (non-hydrogen) atoms. The number of halogens is 3. The van der Waals surface area contributed by atoms with Gasteiger partial charge >= 0.3 is 12.2 Å². The highest BCUT2D eigenvalue weighted by Gasteiger charge is 2.39. The Labute approximate surface area is 214 Å². The number of urea groups is 1. The van der Waals surface area contributed by atoms with Crippen LogP contribution in [0.4, 0.5) is 29.5 Å². The zero-order chi connectivity index (χ0) is 26.2. The second-order valence-electron chi connectivity index (χ2n) is 10.4. The molecule has 2 aromatic rings. The number of carbonyl (C=O) groups is 1. The quantitative estimate of drug-likeness (QED) is 0.575. The summed E-state index contributed by atoms with van der Waals surface area (Å²) in [5, 5.41) is 12.5. The van der Waals surface area contributed by atoms with Crippen LogP contribution in [-0.4, -0.2) is 73.2 Å². The minimum atomic E-state index is -4.22. The van der Waals surface area contributed by atoms with Crippen LogP contribution >= 0.6 is 0 Å². The standard InChI is InChI=1S/C27H33F3N4O3/c1-17-2-3-21(31-26(36)34-5-4-18(15-34)14-27(28,29)30)13-22(17)19-11-24(23-10-20(23)16-35)32-25(12-19)33-6-8-37-9-7-33/h2-3,11-13,18,20,23,35H,4-10,14-16H2,1H3,(H,31,36)/t18?,20-,23-/m1/s1. The van der Waals surface area contributed by atoms with Gasteiger partial charge in [-0.2, -0.15) is 13.2 Å². The van der Waals surface area contributed by atoms with Crippen molar-refractivity contribution < 1.29 is 27.8 Å². The molecule has 1 unspecified atom stereocenters. The second kappa shape index (κ2) is 10.5. The van der Waals surface area contributed by atoms with E-state index in [1.807, 2.05) is 25.1 Å². The van der Waals surface area contributed by atoms with Crippen molar-refractivity contribution in [2.45, 2.75) is 38.3 Å². The summed E-state index contributed by atoms with van der Waals surface area (Å²) in [7, 11) is 0. The number of nitrogens with one attached hydrogen (secondary N) is 1. The second-order valence-corrected chi connectivity index (χ2v) is 10.4. The number of carbonyl (C=O) groups excluding carboxylic acids is 1. The van der Waals surface area contributed by atoms with Gasteiger partial charge in [0.25, 0.3) is 0 Å². The molecule has 200 valence electrons. The Bertz CT molecular complexity index is 1140. The number of aliphatic hydroxyl groups excluding tert-OH is 1. The molecule has 0 radical (unpaired) electrons. The lowest BCUT2D eigenvalue weighted by Crippen LogP contribution is -2.36. The van der Waals surface area contributed by atoms with E-state index in [2.05, 4.69) is 22.3 Å². The molecule has 2 N–H and O–H groups in total. The Morgan fingerprint density at radius 2 is 1.97 bits per heavy atom. The Kier molecular flexibility index (Phi) is 7.31. The minimum Gasteiger partial charge on any atom is -0.396 e. The molecule has 0 bridgehead atoms. The fourth-order valence-electron chi connectivity index (χ4n) is 5.37. The molecule has 1 aromatic heterocycles. The molecule has 1 aromatic carbocycles. The van der Waals surface area contributed by atoms with E-state index in [1.54, 1.807) is 0 Å². The number of likely N-dealkylation sites (tertiary alicyclic amines) is 1. The van der Waals surface area contributed by atoms with Crippen LogP contribution in [0.25, 0.3) is 11.1 Å². The Hall–Kier alpha value is -2.85. The molecular weight excluding hydrogens is 485 g/mol. The topological polar surface area (TPSA) is 77.9 Å². The number of pyridine rings is 1. The summed E-state index contributed by atoms with van der Waals surface area (Å²) in [5.41, 5.74) is 4.52. The van der Waals surface area contributed by atoms with Gasteiger partial charge in [-0.05, 0) is 72.6 Å². The number of morpholine rings is 1. The molecule has 10 heteroatoms. The van der Waals surface area contributed by atoms with Gasteiger partial charge in [0.1, 0.15) is 5.82 Å². The molecule has 5 rings (SSSR count). The number of amides is 2. The summed E-state index contributed by atoms with van der Waals surface area (Å²) in [6.45, 7) is 5.36. The first-order valence-corrected chi connectivity index (χ1v) is 12.9. The number of benzene rings is 1. The van der Waals surface area contributed by atoms with Gasteiger partial charge in [0, 0.05) is 56.5 Å². The van der Waals surface area contributed by atoms with Gasteiger partial charge < -0.3 is 25.0 Å². The maximum Gasteiger partial charge on any atom is 0.389 e. The first-order valence-electron chi connectivity index (χ1n) is 12.9. The highest BCUT2D eigenvalue weighted by atomic mass is 19.4. The molecule has 2 saturated heterocycles. The summed E-state index contributed by atoms with van der Waals surface area (Å²) >= 11 is 0. The van der Waals surface area contributed by atoms with Gasteiger partial charge in [-0.3, -0.25) is 0 Å². The number of aromatic nitrogens is 1. The number of aryl methyl sites for hydroxylation is 1. The highest BCUT2D eigenvalue weighted by Crippen LogP contribution is 2.47. The predicted octanol–water partition coefficient (Wildman–Crippen LogP) is 4.80. The van der Waals surface area contributed by atoms with Gasteiger partial charge in [-0.25, -0.2) is 9.78 Å². The van der Waals surface area contributed by atoms with Crippen LogP contribution in [-0.2, 0) is 4.74 Å². The van der Waals surface area contributed by atoms with Crippen molar-refractivity contribution in [2.24, 2.45) is 11.8 Å². The van der Waals surface area contributed by atoms with E-state index in [9.17, 15) is 23.1 Å². The molecule has 1 aliphatic carbocycles. The molecule has 1 saturated carbocycles. The van der Waals surface area contributed by atoms with Gasteiger partial charge in [0.2, 0.25) is 0 Å². The largest absolute Gasteiger partial charge is 0.396 e. The average molecular weight is 519 g/mol. The normalized spacial score (nSPS) is 23.9.